The van der Waals surface area contributed by atoms with Gasteiger partial charge in [-0.15, -0.1) is 0 Å². The van der Waals surface area contributed by atoms with Gasteiger partial charge in [-0.2, -0.15) is 0 Å². The highest BCUT2D eigenvalue weighted by molar-refractivity contribution is 4.98. The molecule has 2 atom stereocenters. The van der Waals surface area contributed by atoms with Crippen LogP contribution in [-0.4, -0.2) is 34.2 Å². The number of aliphatic hydroxyl groups excluding tert-OH is 1. The summed E-state index contributed by atoms with van der Waals surface area (Å²) in [6.07, 6.45) is 10.4. The van der Waals surface area contributed by atoms with Crippen LogP contribution < -0.4 is 0 Å². The first kappa shape index (κ1) is 11.0. The fourth-order valence-corrected chi connectivity index (χ4v) is 4.32. The Morgan fingerprint density at radius 1 is 0.812 bits per heavy atom. The second-order valence-electron chi connectivity index (χ2n) is 6.37. The van der Waals surface area contributed by atoms with Crippen LogP contribution in [0.15, 0.2) is 0 Å². The molecule has 3 aliphatic rings. The van der Waals surface area contributed by atoms with Gasteiger partial charge in [0.25, 0.3) is 0 Å². The van der Waals surface area contributed by atoms with Crippen molar-refractivity contribution >= 4 is 0 Å². The van der Waals surface area contributed by atoms with Gasteiger partial charge < -0.3 is 5.11 Å². The van der Waals surface area contributed by atoms with Gasteiger partial charge in [0, 0.05) is 18.1 Å². The van der Waals surface area contributed by atoms with Gasteiger partial charge in [0.05, 0.1) is 6.10 Å². The summed E-state index contributed by atoms with van der Waals surface area (Å²) in [5.41, 5.74) is 0. The van der Waals surface area contributed by atoms with Crippen LogP contribution in [0.2, 0.25) is 0 Å². The smallest absolute Gasteiger partial charge is 0.0570 e. The van der Waals surface area contributed by atoms with Crippen LogP contribution in [0, 0.1) is 5.92 Å². The summed E-state index contributed by atoms with van der Waals surface area (Å²) in [5, 5.41) is 9.82. The SMILES string of the molecule is CC1CCC(N2C3CCC2CC(O)C3)CC1. The molecule has 3 rings (SSSR count). The minimum Gasteiger partial charge on any atom is -0.393 e. The van der Waals surface area contributed by atoms with Crippen molar-refractivity contribution in [1.82, 2.24) is 4.90 Å². The van der Waals surface area contributed by atoms with Gasteiger partial charge in [-0.1, -0.05) is 6.92 Å². The van der Waals surface area contributed by atoms with Gasteiger partial charge in [-0.05, 0) is 57.3 Å². The molecular weight excluding hydrogens is 198 g/mol. The molecule has 0 aromatic carbocycles. The lowest BCUT2D eigenvalue weighted by Gasteiger charge is -2.44. The molecule has 1 N–H and O–H groups in total. The lowest BCUT2D eigenvalue weighted by molar-refractivity contribution is -0.00258. The molecule has 2 saturated heterocycles. The topological polar surface area (TPSA) is 23.5 Å². The van der Waals surface area contributed by atoms with Gasteiger partial charge in [-0.3, -0.25) is 4.90 Å². The molecule has 0 spiro atoms. The first-order valence-electron chi connectivity index (χ1n) is 7.19. The highest BCUT2D eigenvalue weighted by Gasteiger charge is 2.43. The maximum absolute atomic E-state index is 9.82. The van der Waals surface area contributed by atoms with Crippen LogP contribution in [0.1, 0.15) is 58.3 Å². The zero-order valence-electron chi connectivity index (χ0n) is 10.4. The van der Waals surface area contributed by atoms with E-state index in [2.05, 4.69) is 11.8 Å². The number of hydrogen-bond acceptors (Lipinski definition) is 2. The van der Waals surface area contributed by atoms with Crippen molar-refractivity contribution < 1.29 is 5.11 Å². The molecule has 0 radical (unpaired) electrons. The van der Waals surface area contributed by atoms with E-state index in [1.54, 1.807) is 0 Å². The monoisotopic (exact) mass is 223 g/mol. The summed E-state index contributed by atoms with van der Waals surface area (Å²) >= 11 is 0. The Hall–Kier alpha value is -0.0800. The number of hydrogen-bond donors (Lipinski definition) is 1. The molecule has 2 nitrogen and oxygen atoms in total. The van der Waals surface area contributed by atoms with E-state index in [9.17, 15) is 5.11 Å². The van der Waals surface area contributed by atoms with Gasteiger partial charge >= 0.3 is 0 Å². The van der Waals surface area contributed by atoms with E-state index in [-0.39, 0.29) is 6.10 Å². The zero-order valence-corrected chi connectivity index (χ0v) is 10.4. The molecule has 2 heterocycles. The summed E-state index contributed by atoms with van der Waals surface area (Å²) in [7, 11) is 0. The quantitative estimate of drug-likeness (QED) is 0.738. The first-order chi connectivity index (χ1) is 7.74. The average Bonchev–Trinajstić information content (AvgIpc) is 2.54. The van der Waals surface area contributed by atoms with E-state index in [0.717, 1.165) is 24.8 Å². The molecule has 1 aliphatic carbocycles. The standard InChI is InChI=1S/C14H25NO/c1-10-2-4-11(5-3-10)15-12-6-7-13(15)9-14(16)8-12/h10-14,16H,2-9H2,1H3. The van der Waals surface area contributed by atoms with Crippen LogP contribution in [-0.2, 0) is 0 Å². The summed E-state index contributed by atoms with van der Waals surface area (Å²) in [5.74, 6) is 0.948. The van der Waals surface area contributed by atoms with Crippen molar-refractivity contribution in [3.05, 3.63) is 0 Å². The Balaban J connectivity index is 1.67. The molecule has 3 fully saturated rings. The van der Waals surface area contributed by atoms with Gasteiger partial charge in [0.2, 0.25) is 0 Å². The lowest BCUT2D eigenvalue weighted by atomic mass is 9.84. The number of piperidine rings is 1. The Kier molecular flexibility index (Phi) is 2.97. The van der Waals surface area contributed by atoms with Crippen LogP contribution in [0.5, 0.6) is 0 Å². The van der Waals surface area contributed by atoms with E-state index < -0.39 is 0 Å². The minimum atomic E-state index is -0.00346. The van der Waals surface area contributed by atoms with Gasteiger partial charge in [-0.25, -0.2) is 0 Å². The van der Waals surface area contributed by atoms with Crippen LogP contribution >= 0.6 is 0 Å². The normalized spacial score (nSPS) is 49.5. The van der Waals surface area contributed by atoms with Crippen molar-refractivity contribution in [2.75, 3.05) is 0 Å². The van der Waals surface area contributed by atoms with E-state index in [1.165, 1.54) is 38.5 Å². The van der Waals surface area contributed by atoms with Gasteiger partial charge in [0.15, 0.2) is 0 Å². The maximum Gasteiger partial charge on any atom is 0.0570 e. The van der Waals surface area contributed by atoms with Crippen molar-refractivity contribution in [2.45, 2.75) is 82.5 Å². The maximum atomic E-state index is 9.82. The molecule has 2 aliphatic heterocycles. The fraction of sp³-hybridized carbons (Fsp3) is 1.00. The third-order valence-electron chi connectivity index (χ3n) is 5.17. The Morgan fingerprint density at radius 2 is 1.31 bits per heavy atom. The molecule has 2 unspecified atom stereocenters. The predicted octanol–water partition coefficient (Wildman–Crippen LogP) is 2.55. The van der Waals surface area contributed by atoms with Gasteiger partial charge in [0.1, 0.15) is 0 Å². The Bertz CT molecular complexity index is 233. The summed E-state index contributed by atoms with van der Waals surface area (Å²) in [6, 6.07) is 2.28. The first-order valence-corrected chi connectivity index (χ1v) is 7.19. The van der Waals surface area contributed by atoms with Crippen molar-refractivity contribution in [2.24, 2.45) is 5.92 Å². The Labute approximate surface area is 99.0 Å². The van der Waals surface area contributed by atoms with Crippen LogP contribution in [0.4, 0.5) is 0 Å². The largest absolute Gasteiger partial charge is 0.393 e. The van der Waals surface area contributed by atoms with Crippen molar-refractivity contribution in [3.8, 4) is 0 Å². The average molecular weight is 223 g/mol. The molecule has 16 heavy (non-hydrogen) atoms. The third-order valence-corrected chi connectivity index (χ3v) is 5.17. The predicted molar refractivity (Wildman–Crippen MR) is 65.3 cm³/mol. The second-order valence-corrected chi connectivity index (χ2v) is 6.37. The summed E-state index contributed by atoms with van der Waals surface area (Å²) in [6.45, 7) is 2.39. The molecule has 0 amide bonds. The lowest BCUT2D eigenvalue weighted by Crippen LogP contribution is -2.51. The number of rotatable bonds is 1. The van der Waals surface area contributed by atoms with Crippen LogP contribution in [0.3, 0.4) is 0 Å². The number of nitrogens with zero attached hydrogens (tertiary/aromatic N) is 1. The zero-order chi connectivity index (χ0) is 11.1. The van der Waals surface area contributed by atoms with Crippen molar-refractivity contribution in [1.29, 1.82) is 0 Å². The van der Waals surface area contributed by atoms with E-state index in [4.69, 9.17) is 0 Å². The summed E-state index contributed by atoms with van der Waals surface area (Å²) < 4.78 is 0. The fourth-order valence-electron chi connectivity index (χ4n) is 4.32. The summed E-state index contributed by atoms with van der Waals surface area (Å²) in [4.78, 5) is 2.80. The van der Waals surface area contributed by atoms with Crippen LogP contribution in [0.25, 0.3) is 0 Å². The molecule has 0 aromatic rings. The minimum absolute atomic E-state index is 0.00346. The van der Waals surface area contributed by atoms with E-state index >= 15 is 0 Å². The Morgan fingerprint density at radius 3 is 1.88 bits per heavy atom. The molecule has 2 heteroatoms. The van der Waals surface area contributed by atoms with Crippen molar-refractivity contribution in [3.63, 3.8) is 0 Å². The molecule has 0 aromatic heterocycles. The van der Waals surface area contributed by atoms with E-state index in [1.807, 2.05) is 0 Å². The van der Waals surface area contributed by atoms with E-state index in [0.29, 0.717) is 12.1 Å². The second kappa shape index (κ2) is 4.30. The molecule has 1 saturated carbocycles. The highest BCUT2D eigenvalue weighted by atomic mass is 16.3. The number of aliphatic hydroxyl groups is 1. The third kappa shape index (κ3) is 1.91. The molecule has 92 valence electrons. The molecule has 2 bridgehead atoms. The highest BCUT2D eigenvalue weighted by Crippen LogP contribution is 2.41. The number of fused-ring (bicyclic) bond motifs is 2. The molecular formula is C14H25NO.